The van der Waals surface area contributed by atoms with Gasteiger partial charge in [0.2, 0.25) is 0 Å². The molecule has 2 N–H and O–H groups in total. The van der Waals surface area contributed by atoms with Crippen molar-refractivity contribution < 1.29 is 9.47 Å². The van der Waals surface area contributed by atoms with Gasteiger partial charge in [-0.2, -0.15) is 0 Å². The lowest BCUT2D eigenvalue weighted by Gasteiger charge is -2.09. The van der Waals surface area contributed by atoms with Gasteiger partial charge < -0.3 is 15.2 Å². The van der Waals surface area contributed by atoms with E-state index >= 15 is 0 Å². The molecule has 0 saturated carbocycles. The third kappa shape index (κ3) is 4.77. The SMILES string of the molecule is COCCOCCc1ncc([C@H](C)N)c(C)n1. The van der Waals surface area contributed by atoms with Gasteiger partial charge in [-0.3, -0.25) is 0 Å². The molecule has 17 heavy (non-hydrogen) atoms. The molecule has 0 radical (unpaired) electrons. The van der Waals surface area contributed by atoms with Gasteiger partial charge >= 0.3 is 0 Å². The van der Waals surface area contributed by atoms with Gasteiger partial charge in [0.15, 0.2) is 0 Å². The van der Waals surface area contributed by atoms with Crippen LogP contribution in [0.2, 0.25) is 0 Å². The Balaban J connectivity index is 2.42. The minimum atomic E-state index is -0.0259. The molecule has 96 valence electrons. The van der Waals surface area contributed by atoms with Crippen LogP contribution in [-0.4, -0.2) is 36.9 Å². The summed E-state index contributed by atoms with van der Waals surface area (Å²) < 4.78 is 10.3. The average molecular weight is 239 g/mol. The summed E-state index contributed by atoms with van der Waals surface area (Å²) in [6.45, 7) is 5.71. The highest BCUT2D eigenvalue weighted by Gasteiger charge is 2.06. The molecular formula is C12H21N3O2. The van der Waals surface area contributed by atoms with Crippen molar-refractivity contribution in [2.24, 2.45) is 5.73 Å². The van der Waals surface area contributed by atoms with E-state index in [0.29, 0.717) is 26.2 Å². The Kier molecular flexibility index (Phi) is 6.04. The predicted octanol–water partition coefficient (Wildman–Crippen LogP) is 1.01. The standard InChI is InChI=1S/C12H21N3O2/c1-9(13)11-8-14-12(15-10(11)2)4-5-17-7-6-16-3/h8-9H,4-7,13H2,1-3H3/t9-/m0/s1. The normalized spacial score (nSPS) is 12.7. The molecular weight excluding hydrogens is 218 g/mol. The number of aromatic nitrogens is 2. The van der Waals surface area contributed by atoms with E-state index in [4.69, 9.17) is 15.2 Å². The smallest absolute Gasteiger partial charge is 0.130 e. The zero-order valence-electron chi connectivity index (χ0n) is 10.8. The first-order chi connectivity index (χ1) is 8.15. The van der Waals surface area contributed by atoms with Crippen LogP contribution in [0.4, 0.5) is 0 Å². The van der Waals surface area contributed by atoms with Crippen molar-refractivity contribution in [1.82, 2.24) is 9.97 Å². The lowest BCUT2D eigenvalue weighted by molar-refractivity contribution is 0.0716. The van der Waals surface area contributed by atoms with E-state index in [1.54, 1.807) is 13.3 Å². The maximum atomic E-state index is 5.80. The van der Waals surface area contributed by atoms with Crippen LogP contribution in [0, 0.1) is 6.92 Å². The monoisotopic (exact) mass is 239 g/mol. The molecule has 0 aromatic carbocycles. The Bertz CT molecular complexity index is 343. The second-order valence-corrected chi connectivity index (χ2v) is 3.97. The summed E-state index contributed by atoms with van der Waals surface area (Å²) in [7, 11) is 1.66. The molecule has 0 aliphatic carbocycles. The number of hydrogen-bond donors (Lipinski definition) is 1. The highest BCUT2D eigenvalue weighted by Crippen LogP contribution is 2.11. The molecule has 1 aromatic heterocycles. The molecule has 0 unspecified atom stereocenters. The predicted molar refractivity (Wildman–Crippen MR) is 65.8 cm³/mol. The largest absolute Gasteiger partial charge is 0.382 e. The number of nitrogens with two attached hydrogens (primary N) is 1. The van der Waals surface area contributed by atoms with Crippen LogP contribution < -0.4 is 5.73 Å². The summed E-state index contributed by atoms with van der Waals surface area (Å²) in [6, 6.07) is -0.0259. The van der Waals surface area contributed by atoms with Gasteiger partial charge in [0.25, 0.3) is 0 Å². The second kappa shape index (κ2) is 7.32. The molecule has 0 aliphatic heterocycles. The van der Waals surface area contributed by atoms with Crippen molar-refractivity contribution in [2.75, 3.05) is 26.9 Å². The van der Waals surface area contributed by atoms with Crippen molar-refractivity contribution in [2.45, 2.75) is 26.3 Å². The fourth-order valence-corrected chi connectivity index (χ4v) is 1.50. The molecule has 1 rings (SSSR count). The molecule has 1 heterocycles. The van der Waals surface area contributed by atoms with E-state index in [2.05, 4.69) is 9.97 Å². The maximum Gasteiger partial charge on any atom is 0.130 e. The molecule has 5 nitrogen and oxygen atoms in total. The first-order valence-corrected chi connectivity index (χ1v) is 5.79. The molecule has 0 fully saturated rings. The van der Waals surface area contributed by atoms with Crippen LogP contribution in [0.5, 0.6) is 0 Å². The van der Waals surface area contributed by atoms with E-state index in [9.17, 15) is 0 Å². The van der Waals surface area contributed by atoms with Gasteiger partial charge in [0.1, 0.15) is 5.82 Å². The van der Waals surface area contributed by atoms with Crippen LogP contribution in [-0.2, 0) is 15.9 Å². The minimum absolute atomic E-state index is 0.0259. The summed E-state index contributed by atoms with van der Waals surface area (Å²) in [6.07, 6.45) is 2.52. The average Bonchev–Trinajstić information content (AvgIpc) is 2.28. The highest BCUT2D eigenvalue weighted by molar-refractivity contribution is 5.19. The van der Waals surface area contributed by atoms with Crippen molar-refractivity contribution >= 4 is 0 Å². The maximum absolute atomic E-state index is 5.80. The zero-order valence-corrected chi connectivity index (χ0v) is 10.8. The number of methoxy groups -OCH3 is 1. The highest BCUT2D eigenvalue weighted by atomic mass is 16.5. The number of nitrogens with zero attached hydrogens (tertiary/aromatic N) is 2. The summed E-state index contributed by atoms with van der Waals surface area (Å²) >= 11 is 0. The minimum Gasteiger partial charge on any atom is -0.382 e. The Morgan fingerprint density at radius 1 is 1.35 bits per heavy atom. The van der Waals surface area contributed by atoms with Crippen molar-refractivity contribution in [3.05, 3.63) is 23.3 Å². The zero-order chi connectivity index (χ0) is 12.7. The first kappa shape index (κ1) is 14.0. The van der Waals surface area contributed by atoms with Gasteiger partial charge in [-0.15, -0.1) is 0 Å². The molecule has 0 aliphatic rings. The Morgan fingerprint density at radius 3 is 2.71 bits per heavy atom. The van der Waals surface area contributed by atoms with Crippen LogP contribution in [0.15, 0.2) is 6.20 Å². The molecule has 1 aromatic rings. The lowest BCUT2D eigenvalue weighted by atomic mass is 10.1. The van der Waals surface area contributed by atoms with Crippen LogP contribution >= 0.6 is 0 Å². The Labute approximate surface area is 102 Å². The van der Waals surface area contributed by atoms with Gasteiger partial charge in [0.05, 0.1) is 19.8 Å². The fourth-order valence-electron chi connectivity index (χ4n) is 1.50. The van der Waals surface area contributed by atoms with E-state index in [0.717, 1.165) is 17.1 Å². The van der Waals surface area contributed by atoms with Crippen molar-refractivity contribution in [1.29, 1.82) is 0 Å². The van der Waals surface area contributed by atoms with Crippen LogP contribution in [0.3, 0.4) is 0 Å². The van der Waals surface area contributed by atoms with E-state index in [1.165, 1.54) is 0 Å². The fraction of sp³-hybridized carbons (Fsp3) is 0.667. The van der Waals surface area contributed by atoms with E-state index < -0.39 is 0 Å². The first-order valence-electron chi connectivity index (χ1n) is 5.79. The third-order valence-corrected chi connectivity index (χ3v) is 2.46. The van der Waals surface area contributed by atoms with Crippen molar-refractivity contribution in [3.63, 3.8) is 0 Å². The van der Waals surface area contributed by atoms with E-state index in [1.807, 2.05) is 13.8 Å². The van der Waals surface area contributed by atoms with Gasteiger partial charge in [-0.25, -0.2) is 9.97 Å². The number of rotatable bonds is 7. The van der Waals surface area contributed by atoms with Gasteiger partial charge in [-0.1, -0.05) is 0 Å². The van der Waals surface area contributed by atoms with E-state index in [-0.39, 0.29) is 6.04 Å². The Hall–Kier alpha value is -1.04. The quantitative estimate of drug-likeness (QED) is 0.719. The molecule has 0 bridgehead atoms. The van der Waals surface area contributed by atoms with Crippen LogP contribution in [0.25, 0.3) is 0 Å². The third-order valence-electron chi connectivity index (χ3n) is 2.46. The summed E-state index contributed by atoms with van der Waals surface area (Å²) in [5, 5.41) is 0. The second-order valence-electron chi connectivity index (χ2n) is 3.97. The number of aryl methyl sites for hydroxylation is 1. The lowest BCUT2D eigenvalue weighted by Crippen LogP contribution is -2.12. The van der Waals surface area contributed by atoms with Crippen molar-refractivity contribution in [3.8, 4) is 0 Å². The summed E-state index contributed by atoms with van der Waals surface area (Å²) in [5.41, 5.74) is 7.74. The topological polar surface area (TPSA) is 70.3 Å². The number of ether oxygens (including phenoxy) is 2. The van der Waals surface area contributed by atoms with Gasteiger partial charge in [-0.05, 0) is 13.8 Å². The molecule has 0 spiro atoms. The molecule has 5 heteroatoms. The summed E-state index contributed by atoms with van der Waals surface area (Å²) in [5.74, 6) is 0.796. The molecule has 0 amide bonds. The Morgan fingerprint density at radius 2 is 2.12 bits per heavy atom. The summed E-state index contributed by atoms with van der Waals surface area (Å²) in [4.78, 5) is 8.69. The van der Waals surface area contributed by atoms with Crippen LogP contribution in [0.1, 0.15) is 30.0 Å². The number of hydrogen-bond acceptors (Lipinski definition) is 5. The van der Waals surface area contributed by atoms with Gasteiger partial charge in [0, 0.05) is 37.0 Å². The molecule has 1 atom stereocenters. The molecule has 0 saturated heterocycles.